The first-order chi connectivity index (χ1) is 14.6. The molecule has 8 heteroatoms. The van der Waals surface area contributed by atoms with Crippen LogP contribution in [0.25, 0.3) is 0 Å². The molecule has 1 amide bonds. The maximum Gasteiger partial charge on any atom is 0.265 e. The first-order valence-electron chi connectivity index (χ1n) is 9.10. The summed E-state index contributed by atoms with van der Waals surface area (Å²) in [6.45, 7) is 0.757. The topological polar surface area (TPSA) is 56.2 Å². The van der Waals surface area contributed by atoms with Crippen LogP contribution < -0.4 is 10.1 Å². The van der Waals surface area contributed by atoms with Gasteiger partial charge in [-0.25, -0.2) is 4.39 Å². The fourth-order valence-electron chi connectivity index (χ4n) is 2.78. The predicted octanol–water partition coefficient (Wildman–Crippen LogP) is 5.62. The zero-order valence-electron chi connectivity index (χ0n) is 15.7. The number of carbonyl (C=O) groups excluding carboxylic acids is 1. The van der Waals surface area contributed by atoms with Crippen molar-refractivity contribution < 1.29 is 13.9 Å². The first kappa shape index (κ1) is 20.1. The van der Waals surface area contributed by atoms with Gasteiger partial charge in [-0.3, -0.25) is 9.48 Å². The number of benzene rings is 2. The average Bonchev–Trinajstić information content (AvgIpc) is 3.39. The maximum absolute atomic E-state index is 13.6. The second-order valence-electron chi connectivity index (χ2n) is 6.55. The number of nitrogens with one attached hydrogen (secondary N) is 1. The molecule has 4 rings (SSSR count). The molecule has 0 atom stereocenters. The molecule has 1 N–H and O–H groups in total. The summed E-state index contributed by atoms with van der Waals surface area (Å²) in [5.41, 5.74) is 2.46. The van der Waals surface area contributed by atoms with Gasteiger partial charge in [-0.1, -0.05) is 35.9 Å². The zero-order valence-corrected chi connectivity index (χ0v) is 17.3. The second kappa shape index (κ2) is 9.11. The number of carbonyl (C=O) groups is 1. The summed E-state index contributed by atoms with van der Waals surface area (Å²) in [7, 11) is 0. The van der Waals surface area contributed by atoms with Crippen LogP contribution in [-0.4, -0.2) is 15.7 Å². The Balaban J connectivity index is 1.34. The monoisotopic (exact) mass is 441 g/mol. The SMILES string of the molecule is O=C(Nc1cnn(Cc2ccc(Cl)cc2)c1)c1cc(COc2ccccc2F)cs1. The van der Waals surface area contributed by atoms with Gasteiger partial charge in [0.15, 0.2) is 11.6 Å². The van der Waals surface area contributed by atoms with Gasteiger partial charge in [0.25, 0.3) is 5.91 Å². The highest BCUT2D eigenvalue weighted by Gasteiger charge is 2.12. The lowest BCUT2D eigenvalue weighted by molar-refractivity contribution is 0.103. The molecule has 0 spiro atoms. The lowest BCUT2D eigenvalue weighted by Gasteiger charge is -2.05. The van der Waals surface area contributed by atoms with E-state index in [0.717, 1.165) is 11.1 Å². The highest BCUT2D eigenvalue weighted by molar-refractivity contribution is 7.12. The Morgan fingerprint density at radius 3 is 2.77 bits per heavy atom. The molecule has 2 aromatic heterocycles. The van der Waals surface area contributed by atoms with E-state index in [1.54, 1.807) is 41.3 Å². The number of aromatic nitrogens is 2. The Hall–Kier alpha value is -3.16. The molecule has 152 valence electrons. The Morgan fingerprint density at radius 2 is 1.97 bits per heavy atom. The quantitative estimate of drug-likeness (QED) is 0.405. The summed E-state index contributed by atoms with van der Waals surface area (Å²) >= 11 is 7.20. The molecule has 5 nitrogen and oxygen atoms in total. The van der Waals surface area contributed by atoms with Crippen molar-refractivity contribution >= 4 is 34.5 Å². The predicted molar refractivity (Wildman–Crippen MR) is 116 cm³/mol. The van der Waals surface area contributed by atoms with E-state index in [0.29, 0.717) is 22.1 Å². The van der Waals surface area contributed by atoms with Crippen molar-refractivity contribution in [3.63, 3.8) is 0 Å². The summed E-state index contributed by atoms with van der Waals surface area (Å²) in [4.78, 5) is 13.0. The van der Waals surface area contributed by atoms with Crippen LogP contribution in [-0.2, 0) is 13.2 Å². The number of hydrogen-bond acceptors (Lipinski definition) is 4. The summed E-state index contributed by atoms with van der Waals surface area (Å²) in [6, 6.07) is 15.5. The van der Waals surface area contributed by atoms with E-state index in [1.807, 2.05) is 29.6 Å². The van der Waals surface area contributed by atoms with Crippen LogP contribution in [0.1, 0.15) is 20.8 Å². The van der Waals surface area contributed by atoms with E-state index in [2.05, 4.69) is 10.4 Å². The number of amides is 1. The lowest BCUT2D eigenvalue weighted by atomic mass is 10.2. The molecular weight excluding hydrogens is 425 g/mol. The zero-order chi connectivity index (χ0) is 20.9. The molecule has 0 fully saturated rings. The number of rotatable bonds is 7. The highest BCUT2D eigenvalue weighted by atomic mass is 35.5. The van der Waals surface area contributed by atoms with E-state index in [4.69, 9.17) is 16.3 Å². The van der Waals surface area contributed by atoms with Gasteiger partial charge in [-0.2, -0.15) is 5.10 Å². The molecule has 0 bridgehead atoms. The minimum absolute atomic E-state index is 0.183. The Morgan fingerprint density at radius 1 is 1.17 bits per heavy atom. The molecule has 2 heterocycles. The van der Waals surface area contributed by atoms with Gasteiger partial charge in [0.1, 0.15) is 6.61 Å². The van der Waals surface area contributed by atoms with Crippen molar-refractivity contribution in [3.8, 4) is 5.75 Å². The van der Waals surface area contributed by atoms with Gasteiger partial charge in [0, 0.05) is 16.8 Å². The van der Waals surface area contributed by atoms with E-state index in [1.165, 1.54) is 17.4 Å². The molecule has 0 aliphatic rings. The van der Waals surface area contributed by atoms with Crippen molar-refractivity contribution in [1.82, 2.24) is 9.78 Å². The molecular formula is C22H17ClFN3O2S. The minimum Gasteiger partial charge on any atom is -0.486 e. The lowest BCUT2D eigenvalue weighted by Crippen LogP contribution is -2.09. The van der Waals surface area contributed by atoms with Crippen LogP contribution in [0.2, 0.25) is 5.02 Å². The van der Waals surface area contributed by atoms with Crippen LogP contribution in [0.4, 0.5) is 10.1 Å². The molecule has 0 unspecified atom stereocenters. The van der Waals surface area contributed by atoms with Gasteiger partial charge >= 0.3 is 0 Å². The number of anilines is 1. The van der Waals surface area contributed by atoms with Gasteiger partial charge in [0.2, 0.25) is 0 Å². The number of para-hydroxylation sites is 1. The molecule has 0 aliphatic heterocycles. The third-order valence-electron chi connectivity index (χ3n) is 4.26. The highest BCUT2D eigenvalue weighted by Crippen LogP contribution is 2.21. The molecule has 0 radical (unpaired) electrons. The second-order valence-corrected chi connectivity index (χ2v) is 7.89. The van der Waals surface area contributed by atoms with E-state index < -0.39 is 5.82 Å². The fourth-order valence-corrected chi connectivity index (χ4v) is 3.70. The maximum atomic E-state index is 13.6. The van der Waals surface area contributed by atoms with Crippen LogP contribution in [0, 0.1) is 5.82 Å². The molecule has 30 heavy (non-hydrogen) atoms. The van der Waals surface area contributed by atoms with Crippen LogP contribution in [0.3, 0.4) is 0 Å². The standard InChI is InChI=1S/C22H17ClFN3O2S/c23-17-7-5-15(6-8-17)11-27-12-18(10-25-27)26-22(28)21-9-16(14-30-21)13-29-20-4-2-1-3-19(20)24/h1-10,12,14H,11,13H2,(H,26,28). The third-order valence-corrected chi connectivity index (χ3v) is 5.49. The number of hydrogen-bond donors (Lipinski definition) is 1. The molecule has 2 aromatic carbocycles. The summed E-state index contributed by atoms with van der Waals surface area (Å²) < 4.78 is 20.8. The Kier molecular flexibility index (Phi) is 6.11. The van der Waals surface area contributed by atoms with Crippen LogP contribution in [0.15, 0.2) is 72.4 Å². The summed E-state index contributed by atoms with van der Waals surface area (Å²) in [5.74, 6) is -0.465. The van der Waals surface area contributed by atoms with Crippen LogP contribution in [0.5, 0.6) is 5.75 Å². The molecule has 0 saturated carbocycles. The Labute approximate surface area is 181 Å². The number of nitrogens with zero attached hydrogens (tertiary/aromatic N) is 2. The smallest absolute Gasteiger partial charge is 0.265 e. The first-order valence-corrected chi connectivity index (χ1v) is 10.4. The van der Waals surface area contributed by atoms with E-state index in [-0.39, 0.29) is 18.3 Å². The van der Waals surface area contributed by atoms with Crippen LogP contribution >= 0.6 is 22.9 Å². The number of ether oxygens (including phenoxy) is 1. The molecule has 0 saturated heterocycles. The largest absolute Gasteiger partial charge is 0.486 e. The van der Waals surface area contributed by atoms with Crippen molar-refractivity contribution in [2.24, 2.45) is 0 Å². The number of halogens is 2. The van der Waals surface area contributed by atoms with Gasteiger partial charge in [0.05, 0.1) is 23.3 Å². The third kappa shape index (κ3) is 5.06. The van der Waals surface area contributed by atoms with Crippen molar-refractivity contribution in [1.29, 1.82) is 0 Å². The van der Waals surface area contributed by atoms with E-state index >= 15 is 0 Å². The van der Waals surface area contributed by atoms with Gasteiger partial charge in [-0.15, -0.1) is 11.3 Å². The minimum atomic E-state index is -0.415. The Bertz CT molecular complexity index is 1160. The summed E-state index contributed by atoms with van der Waals surface area (Å²) in [6.07, 6.45) is 3.37. The number of thiophene rings is 1. The average molecular weight is 442 g/mol. The van der Waals surface area contributed by atoms with Gasteiger partial charge < -0.3 is 10.1 Å². The summed E-state index contributed by atoms with van der Waals surface area (Å²) in [5, 5.41) is 9.61. The van der Waals surface area contributed by atoms with Crippen molar-refractivity contribution in [2.45, 2.75) is 13.2 Å². The van der Waals surface area contributed by atoms with E-state index in [9.17, 15) is 9.18 Å². The van der Waals surface area contributed by atoms with Gasteiger partial charge in [-0.05, 0) is 41.3 Å². The van der Waals surface area contributed by atoms with Crippen molar-refractivity contribution in [3.05, 3.63) is 99.2 Å². The van der Waals surface area contributed by atoms with Crippen molar-refractivity contribution in [2.75, 3.05) is 5.32 Å². The molecule has 4 aromatic rings. The molecule has 0 aliphatic carbocycles. The fraction of sp³-hybridized carbons (Fsp3) is 0.0909. The normalized spacial score (nSPS) is 10.7.